The Bertz CT molecular complexity index is 827. The van der Waals surface area contributed by atoms with Crippen LogP contribution in [-0.4, -0.2) is 18.0 Å². The summed E-state index contributed by atoms with van der Waals surface area (Å²) in [5.41, 5.74) is 1.26. The molecule has 2 aromatic carbocycles. The van der Waals surface area contributed by atoms with Gasteiger partial charge < -0.3 is 10.1 Å². The molecular weight excluding hydrogens is 311 g/mol. The van der Waals surface area contributed by atoms with E-state index in [4.69, 9.17) is 10.00 Å². The van der Waals surface area contributed by atoms with Crippen LogP contribution < -0.4 is 5.32 Å². The van der Waals surface area contributed by atoms with Crippen LogP contribution in [0.3, 0.4) is 0 Å². The first-order valence-corrected chi connectivity index (χ1v) is 7.19. The molecule has 6 heteroatoms. The second-order valence-electron chi connectivity index (χ2n) is 5.19. The topological polar surface area (TPSA) is 79.2 Å². The Morgan fingerprint density at radius 1 is 1.25 bits per heavy atom. The van der Waals surface area contributed by atoms with E-state index in [2.05, 4.69) is 5.32 Å². The largest absolute Gasteiger partial charge is 0.449 e. The van der Waals surface area contributed by atoms with E-state index in [0.717, 1.165) is 6.07 Å². The van der Waals surface area contributed by atoms with Gasteiger partial charge in [-0.05, 0) is 49.7 Å². The van der Waals surface area contributed by atoms with Crippen LogP contribution >= 0.6 is 0 Å². The van der Waals surface area contributed by atoms with Crippen LogP contribution in [0.2, 0.25) is 0 Å². The van der Waals surface area contributed by atoms with Crippen molar-refractivity contribution >= 4 is 17.6 Å². The highest BCUT2D eigenvalue weighted by Crippen LogP contribution is 2.13. The molecule has 0 heterocycles. The molecule has 0 aliphatic heterocycles. The quantitative estimate of drug-likeness (QED) is 0.875. The van der Waals surface area contributed by atoms with E-state index >= 15 is 0 Å². The van der Waals surface area contributed by atoms with E-state index in [9.17, 15) is 14.0 Å². The van der Waals surface area contributed by atoms with Crippen LogP contribution in [0, 0.1) is 24.1 Å². The molecular formula is C18H15FN2O3. The number of carbonyl (C=O) groups is 2. The summed E-state index contributed by atoms with van der Waals surface area (Å²) in [5.74, 6) is -1.86. The van der Waals surface area contributed by atoms with Crippen molar-refractivity contribution in [3.63, 3.8) is 0 Å². The number of nitriles is 1. The normalized spacial score (nSPS) is 11.2. The summed E-state index contributed by atoms with van der Waals surface area (Å²) >= 11 is 0. The van der Waals surface area contributed by atoms with Crippen LogP contribution in [0.5, 0.6) is 0 Å². The Hall–Kier alpha value is -3.20. The second kappa shape index (κ2) is 7.38. The standard InChI is InChI=1S/C18H15FN2O3/c1-11-6-7-14(9-16(11)19)18(23)24-12(2)17(22)21-15-5-3-4-13(8-15)10-20/h3-9,12H,1-2H3,(H,21,22)/t12-/m1/s1. The first kappa shape index (κ1) is 17.2. The maximum atomic E-state index is 13.5. The molecule has 24 heavy (non-hydrogen) atoms. The van der Waals surface area contributed by atoms with Gasteiger partial charge in [0.1, 0.15) is 5.82 Å². The Kier molecular flexibility index (Phi) is 5.27. The molecule has 1 N–H and O–H groups in total. The number of hydrogen-bond acceptors (Lipinski definition) is 4. The van der Waals surface area contributed by atoms with E-state index in [0.29, 0.717) is 16.8 Å². The van der Waals surface area contributed by atoms with Gasteiger partial charge in [0.2, 0.25) is 0 Å². The van der Waals surface area contributed by atoms with E-state index in [1.807, 2.05) is 6.07 Å². The predicted octanol–water partition coefficient (Wildman–Crippen LogP) is 3.19. The zero-order valence-electron chi connectivity index (χ0n) is 13.2. The Balaban J connectivity index is 2.01. The molecule has 0 radical (unpaired) electrons. The lowest BCUT2D eigenvalue weighted by Gasteiger charge is -2.14. The Morgan fingerprint density at radius 3 is 2.67 bits per heavy atom. The third-order valence-corrected chi connectivity index (χ3v) is 3.32. The first-order valence-electron chi connectivity index (χ1n) is 7.19. The van der Waals surface area contributed by atoms with Crippen molar-refractivity contribution in [2.75, 3.05) is 5.32 Å². The molecule has 5 nitrogen and oxygen atoms in total. The van der Waals surface area contributed by atoms with Crippen LogP contribution in [-0.2, 0) is 9.53 Å². The third-order valence-electron chi connectivity index (χ3n) is 3.32. The van der Waals surface area contributed by atoms with Crippen LogP contribution in [0.15, 0.2) is 42.5 Å². The van der Waals surface area contributed by atoms with Gasteiger partial charge >= 0.3 is 5.97 Å². The number of ether oxygens (including phenoxy) is 1. The summed E-state index contributed by atoms with van der Waals surface area (Å²) in [6.45, 7) is 2.99. The van der Waals surface area contributed by atoms with Crippen LogP contribution in [0.1, 0.15) is 28.4 Å². The van der Waals surface area contributed by atoms with Gasteiger partial charge in [0, 0.05) is 5.69 Å². The molecule has 0 saturated heterocycles. The number of nitrogens with one attached hydrogen (secondary N) is 1. The second-order valence-corrected chi connectivity index (χ2v) is 5.19. The van der Waals surface area contributed by atoms with Gasteiger partial charge in [0.25, 0.3) is 5.91 Å². The summed E-state index contributed by atoms with van der Waals surface area (Å²) < 4.78 is 18.5. The molecule has 2 aromatic rings. The smallest absolute Gasteiger partial charge is 0.339 e. The van der Waals surface area contributed by atoms with Crippen molar-refractivity contribution in [1.82, 2.24) is 0 Å². The lowest BCUT2D eigenvalue weighted by molar-refractivity contribution is -0.123. The van der Waals surface area contributed by atoms with Crippen molar-refractivity contribution in [3.05, 3.63) is 65.0 Å². The number of halogens is 1. The number of anilines is 1. The number of aryl methyl sites for hydroxylation is 1. The monoisotopic (exact) mass is 326 g/mol. The number of hydrogen-bond donors (Lipinski definition) is 1. The number of esters is 1. The Morgan fingerprint density at radius 2 is 2.00 bits per heavy atom. The zero-order valence-corrected chi connectivity index (χ0v) is 13.2. The molecule has 0 aliphatic rings. The van der Waals surface area contributed by atoms with Crippen molar-refractivity contribution in [2.45, 2.75) is 20.0 Å². The molecule has 0 unspecified atom stereocenters. The predicted molar refractivity (Wildman–Crippen MR) is 85.8 cm³/mol. The lowest BCUT2D eigenvalue weighted by atomic mass is 10.1. The molecule has 0 aliphatic carbocycles. The SMILES string of the molecule is Cc1ccc(C(=O)O[C@H](C)C(=O)Nc2cccc(C#N)c2)cc1F. The van der Waals surface area contributed by atoms with Gasteiger partial charge in [-0.2, -0.15) is 5.26 Å². The van der Waals surface area contributed by atoms with Crippen molar-refractivity contribution < 1.29 is 18.7 Å². The highest BCUT2D eigenvalue weighted by molar-refractivity contribution is 5.97. The van der Waals surface area contributed by atoms with Crippen molar-refractivity contribution in [1.29, 1.82) is 5.26 Å². The van der Waals surface area contributed by atoms with E-state index in [1.54, 1.807) is 25.1 Å². The van der Waals surface area contributed by atoms with E-state index < -0.39 is 23.8 Å². The number of rotatable bonds is 4. The summed E-state index contributed by atoms with van der Waals surface area (Å²) in [4.78, 5) is 24.0. The number of nitrogens with zero attached hydrogens (tertiary/aromatic N) is 1. The molecule has 2 rings (SSSR count). The summed E-state index contributed by atoms with van der Waals surface area (Å²) in [7, 11) is 0. The van der Waals surface area contributed by atoms with Gasteiger partial charge in [-0.3, -0.25) is 4.79 Å². The average Bonchev–Trinajstić information content (AvgIpc) is 2.57. The van der Waals surface area contributed by atoms with E-state index in [-0.39, 0.29) is 5.56 Å². The lowest BCUT2D eigenvalue weighted by Crippen LogP contribution is -2.30. The van der Waals surface area contributed by atoms with Crippen molar-refractivity contribution in [3.8, 4) is 6.07 Å². The van der Waals surface area contributed by atoms with E-state index in [1.165, 1.54) is 25.1 Å². The highest BCUT2D eigenvalue weighted by atomic mass is 19.1. The number of amides is 1. The molecule has 122 valence electrons. The molecule has 1 amide bonds. The minimum Gasteiger partial charge on any atom is -0.449 e. The summed E-state index contributed by atoms with van der Waals surface area (Å²) in [5, 5.41) is 11.4. The summed E-state index contributed by atoms with van der Waals surface area (Å²) in [6, 6.07) is 12.3. The zero-order chi connectivity index (χ0) is 17.7. The molecule has 0 saturated carbocycles. The van der Waals surface area contributed by atoms with Crippen molar-refractivity contribution in [2.24, 2.45) is 0 Å². The fourth-order valence-corrected chi connectivity index (χ4v) is 1.91. The fourth-order valence-electron chi connectivity index (χ4n) is 1.91. The van der Waals surface area contributed by atoms with Gasteiger partial charge in [0.15, 0.2) is 6.10 Å². The minimum absolute atomic E-state index is 0.0317. The summed E-state index contributed by atoms with van der Waals surface area (Å²) in [6.07, 6.45) is -1.08. The highest BCUT2D eigenvalue weighted by Gasteiger charge is 2.19. The first-order chi connectivity index (χ1) is 11.4. The number of carbonyl (C=O) groups excluding carboxylic acids is 2. The van der Waals surface area contributed by atoms with Gasteiger partial charge in [0.05, 0.1) is 17.2 Å². The average molecular weight is 326 g/mol. The number of benzene rings is 2. The molecule has 1 atom stereocenters. The van der Waals surface area contributed by atoms with Gasteiger partial charge in [-0.15, -0.1) is 0 Å². The molecule has 0 aromatic heterocycles. The maximum absolute atomic E-state index is 13.5. The molecule has 0 bridgehead atoms. The van der Waals surface area contributed by atoms with Crippen LogP contribution in [0.25, 0.3) is 0 Å². The Labute approximate surface area is 138 Å². The minimum atomic E-state index is -1.08. The molecule has 0 fully saturated rings. The van der Waals surface area contributed by atoms with Crippen LogP contribution in [0.4, 0.5) is 10.1 Å². The maximum Gasteiger partial charge on any atom is 0.339 e. The fraction of sp³-hybridized carbons (Fsp3) is 0.167. The third kappa shape index (κ3) is 4.17. The van der Waals surface area contributed by atoms with Gasteiger partial charge in [-0.1, -0.05) is 12.1 Å². The van der Waals surface area contributed by atoms with Gasteiger partial charge in [-0.25, -0.2) is 9.18 Å². The molecule has 0 spiro atoms.